The van der Waals surface area contributed by atoms with Gasteiger partial charge in [-0.1, -0.05) is 0 Å². The number of hydrogen-bond donors (Lipinski definition) is 2. The molecule has 11 heteroatoms. The summed E-state index contributed by atoms with van der Waals surface area (Å²) in [5.74, 6) is -0.843. The van der Waals surface area contributed by atoms with E-state index < -0.39 is 27.1 Å². The second kappa shape index (κ2) is 7.86. The first-order valence-corrected chi connectivity index (χ1v) is 9.44. The molecule has 3 rings (SSSR count). The van der Waals surface area contributed by atoms with Gasteiger partial charge in [-0.2, -0.15) is 4.31 Å². The predicted molar refractivity (Wildman–Crippen MR) is 92.2 cm³/mol. The predicted octanol–water partition coefficient (Wildman–Crippen LogP) is 0.0680. The number of aromatic nitrogens is 2. The summed E-state index contributed by atoms with van der Waals surface area (Å²) in [5.41, 5.74) is -1.24. The summed E-state index contributed by atoms with van der Waals surface area (Å²) in [5, 5.41) is 8.80. The third-order valence-electron chi connectivity index (χ3n) is 3.89. The van der Waals surface area contributed by atoms with Crippen molar-refractivity contribution in [1.29, 1.82) is 0 Å². The Balaban J connectivity index is 1.66. The molecule has 10 nitrogen and oxygen atoms in total. The molecule has 144 valence electrons. The largest absolute Gasteiger partial charge is 0.486 e. The van der Waals surface area contributed by atoms with Crippen LogP contribution in [0.15, 0.2) is 40.2 Å². The quantitative estimate of drug-likeness (QED) is 0.700. The third kappa shape index (κ3) is 4.32. The fourth-order valence-electron chi connectivity index (χ4n) is 2.45. The van der Waals surface area contributed by atoms with E-state index in [-0.39, 0.29) is 17.3 Å². The minimum atomic E-state index is -3.58. The minimum Gasteiger partial charge on any atom is -0.486 e. The summed E-state index contributed by atoms with van der Waals surface area (Å²) < 4.78 is 37.0. The standard InChI is InChI=1S/C16H17N3O7S/c20-15-13(16(21)22)9-17-14(18-15)10-26-11-1-3-12(4-2-11)27(23,24)19-5-7-25-8-6-19/h1-4,9H,5-8,10H2,(H,21,22)(H,17,18,20). The van der Waals surface area contributed by atoms with Crippen molar-refractivity contribution in [3.63, 3.8) is 0 Å². The molecule has 1 aromatic carbocycles. The molecule has 0 bridgehead atoms. The SMILES string of the molecule is O=C(O)c1cnc(COc2ccc(S(=O)(=O)N3CCOCC3)cc2)[nH]c1=O. The van der Waals surface area contributed by atoms with E-state index in [1.54, 1.807) is 0 Å². The first-order valence-electron chi connectivity index (χ1n) is 8.00. The van der Waals surface area contributed by atoms with E-state index in [1.165, 1.54) is 28.6 Å². The molecule has 0 aliphatic carbocycles. The Labute approximate surface area is 154 Å². The highest BCUT2D eigenvalue weighted by molar-refractivity contribution is 7.89. The molecule has 0 saturated carbocycles. The van der Waals surface area contributed by atoms with Crippen molar-refractivity contribution in [3.8, 4) is 5.75 Å². The summed E-state index contributed by atoms with van der Waals surface area (Å²) >= 11 is 0. The van der Waals surface area contributed by atoms with E-state index in [0.29, 0.717) is 32.1 Å². The second-order valence-corrected chi connectivity index (χ2v) is 7.59. The Morgan fingerprint density at radius 1 is 1.26 bits per heavy atom. The van der Waals surface area contributed by atoms with Crippen molar-refractivity contribution < 1.29 is 27.8 Å². The van der Waals surface area contributed by atoms with Crippen LogP contribution in [0.25, 0.3) is 0 Å². The van der Waals surface area contributed by atoms with Gasteiger partial charge >= 0.3 is 5.97 Å². The number of benzene rings is 1. The van der Waals surface area contributed by atoms with Crippen molar-refractivity contribution >= 4 is 16.0 Å². The first kappa shape index (κ1) is 19.0. The molecule has 2 heterocycles. The fourth-order valence-corrected chi connectivity index (χ4v) is 3.86. The van der Waals surface area contributed by atoms with Gasteiger partial charge < -0.3 is 19.6 Å². The van der Waals surface area contributed by atoms with Gasteiger partial charge in [0, 0.05) is 19.3 Å². The van der Waals surface area contributed by atoms with E-state index in [9.17, 15) is 18.0 Å². The highest BCUT2D eigenvalue weighted by Crippen LogP contribution is 2.20. The highest BCUT2D eigenvalue weighted by Gasteiger charge is 2.26. The number of aromatic amines is 1. The molecule has 1 aromatic heterocycles. The molecule has 1 fully saturated rings. The van der Waals surface area contributed by atoms with Gasteiger partial charge in [-0.05, 0) is 24.3 Å². The minimum absolute atomic E-state index is 0.106. The summed E-state index contributed by atoms with van der Waals surface area (Å²) in [6, 6.07) is 5.86. The topological polar surface area (TPSA) is 139 Å². The summed E-state index contributed by atoms with van der Waals surface area (Å²) in [6.45, 7) is 1.25. The lowest BCUT2D eigenvalue weighted by Crippen LogP contribution is -2.40. The Morgan fingerprint density at radius 2 is 1.93 bits per heavy atom. The van der Waals surface area contributed by atoms with Crippen LogP contribution >= 0.6 is 0 Å². The van der Waals surface area contributed by atoms with Crippen molar-refractivity contribution in [2.45, 2.75) is 11.5 Å². The zero-order valence-corrected chi connectivity index (χ0v) is 14.9. The maximum Gasteiger partial charge on any atom is 0.342 e. The number of hydrogen-bond acceptors (Lipinski definition) is 7. The number of nitrogens with zero attached hydrogens (tertiary/aromatic N) is 2. The van der Waals surface area contributed by atoms with E-state index >= 15 is 0 Å². The van der Waals surface area contributed by atoms with Crippen LogP contribution in [-0.4, -0.2) is 60.1 Å². The molecule has 1 aliphatic heterocycles. The lowest BCUT2D eigenvalue weighted by Gasteiger charge is -2.26. The fraction of sp³-hybridized carbons (Fsp3) is 0.312. The lowest BCUT2D eigenvalue weighted by atomic mass is 10.3. The van der Waals surface area contributed by atoms with Crippen LogP contribution in [0.2, 0.25) is 0 Å². The molecule has 0 radical (unpaired) electrons. The number of carbonyl (C=O) groups is 1. The zero-order chi connectivity index (χ0) is 19.4. The van der Waals surface area contributed by atoms with Crippen LogP contribution in [0.1, 0.15) is 16.2 Å². The molecule has 0 atom stereocenters. The number of H-pyrrole nitrogens is 1. The average Bonchev–Trinajstić information content (AvgIpc) is 2.67. The molecule has 0 amide bonds. The number of rotatable bonds is 6. The number of nitrogens with one attached hydrogen (secondary N) is 1. The smallest absolute Gasteiger partial charge is 0.342 e. The van der Waals surface area contributed by atoms with Crippen LogP contribution < -0.4 is 10.3 Å². The van der Waals surface area contributed by atoms with E-state index in [2.05, 4.69) is 9.97 Å². The van der Waals surface area contributed by atoms with Crippen molar-refractivity contribution in [1.82, 2.24) is 14.3 Å². The first-order chi connectivity index (χ1) is 12.9. The molecular formula is C16H17N3O7S. The van der Waals surface area contributed by atoms with Gasteiger partial charge in [-0.25, -0.2) is 18.2 Å². The normalized spacial score (nSPS) is 15.4. The van der Waals surface area contributed by atoms with Gasteiger partial charge in [0.15, 0.2) is 0 Å². The van der Waals surface area contributed by atoms with E-state index in [4.69, 9.17) is 14.6 Å². The van der Waals surface area contributed by atoms with Gasteiger partial charge in [0.25, 0.3) is 5.56 Å². The van der Waals surface area contributed by atoms with Gasteiger partial charge in [-0.15, -0.1) is 0 Å². The summed E-state index contributed by atoms with van der Waals surface area (Å²) in [4.78, 5) is 28.7. The number of ether oxygens (including phenoxy) is 2. The Kier molecular flexibility index (Phi) is 5.54. The molecule has 0 spiro atoms. The summed E-state index contributed by atoms with van der Waals surface area (Å²) in [6.07, 6.45) is 0.956. The van der Waals surface area contributed by atoms with E-state index in [1.807, 2.05) is 0 Å². The van der Waals surface area contributed by atoms with Crippen molar-refractivity contribution in [2.24, 2.45) is 0 Å². The van der Waals surface area contributed by atoms with Crippen LogP contribution in [0.5, 0.6) is 5.75 Å². The van der Waals surface area contributed by atoms with Gasteiger partial charge in [0.1, 0.15) is 23.7 Å². The Bertz CT molecular complexity index is 980. The van der Waals surface area contributed by atoms with Crippen molar-refractivity contribution in [3.05, 3.63) is 52.2 Å². The molecule has 0 unspecified atom stereocenters. The maximum absolute atomic E-state index is 12.5. The van der Waals surface area contributed by atoms with Crippen LogP contribution in [0.3, 0.4) is 0 Å². The monoisotopic (exact) mass is 395 g/mol. The second-order valence-electron chi connectivity index (χ2n) is 5.65. The maximum atomic E-state index is 12.5. The van der Waals surface area contributed by atoms with Crippen LogP contribution in [0.4, 0.5) is 0 Å². The third-order valence-corrected chi connectivity index (χ3v) is 5.80. The Hall–Kier alpha value is -2.76. The van der Waals surface area contributed by atoms with Gasteiger partial charge in [0.2, 0.25) is 10.0 Å². The lowest BCUT2D eigenvalue weighted by molar-refractivity contribution is 0.0694. The number of carboxylic acid groups (broad SMARTS) is 1. The molecule has 1 aliphatic rings. The number of carboxylic acids is 1. The van der Waals surface area contributed by atoms with Crippen LogP contribution in [0, 0.1) is 0 Å². The molecule has 1 saturated heterocycles. The molecule has 2 N–H and O–H groups in total. The zero-order valence-electron chi connectivity index (χ0n) is 14.1. The van der Waals surface area contributed by atoms with Crippen molar-refractivity contribution in [2.75, 3.05) is 26.3 Å². The Morgan fingerprint density at radius 3 is 2.52 bits per heavy atom. The molecule has 27 heavy (non-hydrogen) atoms. The number of sulfonamides is 1. The molecular weight excluding hydrogens is 378 g/mol. The number of aromatic carboxylic acids is 1. The number of morpholine rings is 1. The van der Waals surface area contributed by atoms with Gasteiger partial charge in [0.05, 0.1) is 18.1 Å². The summed E-state index contributed by atoms with van der Waals surface area (Å²) in [7, 11) is -3.58. The highest BCUT2D eigenvalue weighted by atomic mass is 32.2. The van der Waals surface area contributed by atoms with Crippen LogP contribution in [-0.2, 0) is 21.4 Å². The van der Waals surface area contributed by atoms with Gasteiger partial charge in [-0.3, -0.25) is 4.79 Å². The average molecular weight is 395 g/mol. The molecule has 2 aromatic rings. The van der Waals surface area contributed by atoms with E-state index in [0.717, 1.165) is 6.20 Å².